The summed E-state index contributed by atoms with van der Waals surface area (Å²) in [6.07, 6.45) is 2.14. The number of carbonyl (C=O) groups is 2. The number of benzene rings is 3. The van der Waals surface area contributed by atoms with Crippen LogP contribution in [-0.4, -0.2) is 54.4 Å². The number of anilines is 1. The van der Waals surface area contributed by atoms with Crippen LogP contribution in [0.2, 0.25) is 0 Å². The number of hydrogen-bond acceptors (Lipinski definition) is 7. The van der Waals surface area contributed by atoms with Gasteiger partial charge in [0.15, 0.2) is 0 Å². The number of amides is 2. The molecule has 0 bridgehead atoms. The van der Waals surface area contributed by atoms with Gasteiger partial charge in [-0.25, -0.2) is 9.36 Å². The van der Waals surface area contributed by atoms with Gasteiger partial charge in [-0.2, -0.15) is 0 Å². The van der Waals surface area contributed by atoms with Crippen molar-refractivity contribution in [3.05, 3.63) is 93.1 Å². The lowest BCUT2D eigenvalue weighted by molar-refractivity contribution is -0.121. The van der Waals surface area contributed by atoms with E-state index in [1.165, 1.54) is 18.8 Å². The van der Waals surface area contributed by atoms with Crippen molar-refractivity contribution in [2.75, 3.05) is 32.7 Å². The molecule has 1 fully saturated rings. The van der Waals surface area contributed by atoms with Gasteiger partial charge in [0.1, 0.15) is 18.0 Å². The molecule has 2 heterocycles. The van der Waals surface area contributed by atoms with E-state index in [9.17, 15) is 19.2 Å². The highest BCUT2D eigenvalue weighted by molar-refractivity contribution is 5.93. The minimum atomic E-state index is -0.669. The fourth-order valence-corrected chi connectivity index (χ4v) is 4.98. The molecule has 11 heteroatoms. The van der Waals surface area contributed by atoms with E-state index in [1.807, 2.05) is 0 Å². The Morgan fingerprint density at radius 3 is 2.48 bits per heavy atom. The maximum atomic E-state index is 13.7. The molecule has 0 spiro atoms. The zero-order chi connectivity index (χ0) is 29.6. The molecule has 3 aromatic carbocycles. The highest BCUT2D eigenvalue weighted by atomic mass is 16.5. The molecule has 0 saturated carbocycles. The second-order valence-electron chi connectivity index (χ2n) is 9.92. The summed E-state index contributed by atoms with van der Waals surface area (Å²) in [5.41, 5.74) is 0.615. The molecule has 2 amide bonds. The molecule has 0 aliphatic carbocycles. The molecule has 4 aromatic rings. The average molecular weight is 573 g/mol. The van der Waals surface area contributed by atoms with Crippen LogP contribution >= 0.6 is 0 Å². The first-order chi connectivity index (χ1) is 20.4. The largest absolute Gasteiger partial charge is 0.497 e. The minimum Gasteiger partial charge on any atom is -0.497 e. The van der Waals surface area contributed by atoms with Crippen LogP contribution in [-0.2, 0) is 27.3 Å². The Labute approximate surface area is 241 Å². The van der Waals surface area contributed by atoms with Gasteiger partial charge in [0.05, 0.1) is 49.0 Å². The lowest BCUT2D eigenvalue weighted by Crippen LogP contribution is -2.40. The van der Waals surface area contributed by atoms with Crippen molar-refractivity contribution < 1.29 is 23.8 Å². The summed E-state index contributed by atoms with van der Waals surface area (Å²) in [7, 11) is 3.00. The summed E-state index contributed by atoms with van der Waals surface area (Å²) < 4.78 is 18.4. The number of para-hydroxylation sites is 1. The normalized spacial score (nSPS) is 14.5. The minimum absolute atomic E-state index is 0.0543. The lowest BCUT2D eigenvalue weighted by Gasteiger charge is -2.15. The third-order valence-electron chi connectivity index (χ3n) is 7.15. The molecule has 218 valence electrons. The molecule has 42 heavy (non-hydrogen) atoms. The van der Waals surface area contributed by atoms with Crippen LogP contribution in [0, 0.1) is 0 Å². The topological polar surface area (TPSA) is 130 Å². The van der Waals surface area contributed by atoms with Crippen LogP contribution in [0.5, 0.6) is 11.5 Å². The molecular weight excluding hydrogens is 540 g/mol. The van der Waals surface area contributed by atoms with Crippen LogP contribution in [0.15, 0.2) is 76.3 Å². The summed E-state index contributed by atoms with van der Waals surface area (Å²) in [6.45, 7) is 0.847. The Balaban J connectivity index is 1.40. The van der Waals surface area contributed by atoms with E-state index < -0.39 is 17.2 Å². The van der Waals surface area contributed by atoms with Gasteiger partial charge in [-0.15, -0.1) is 0 Å². The van der Waals surface area contributed by atoms with Crippen LogP contribution < -0.4 is 31.4 Å². The monoisotopic (exact) mass is 572 g/mol. The summed E-state index contributed by atoms with van der Waals surface area (Å²) in [5, 5.41) is 5.94. The first-order valence-corrected chi connectivity index (χ1v) is 13.6. The Bertz CT molecular complexity index is 1720. The van der Waals surface area contributed by atoms with Crippen LogP contribution in [0.4, 0.5) is 5.69 Å². The van der Waals surface area contributed by atoms with Gasteiger partial charge in [-0.3, -0.25) is 19.0 Å². The molecule has 1 saturated heterocycles. The molecule has 11 nitrogen and oxygen atoms in total. The first kappa shape index (κ1) is 28.6. The quantitative estimate of drug-likeness (QED) is 0.299. The summed E-state index contributed by atoms with van der Waals surface area (Å²) in [5.74, 6) is 0.332. The fraction of sp³-hybridized carbons (Fsp3) is 0.290. The molecule has 1 aliphatic heterocycles. The zero-order valence-corrected chi connectivity index (χ0v) is 23.4. The van der Waals surface area contributed by atoms with Crippen molar-refractivity contribution in [2.24, 2.45) is 0 Å². The van der Waals surface area contributed by atoms with Crippen LogP contribution in [0.3, 0.4) is 0 Å². The third-order valence-corrected chi connectivity index (χ3v) is 7.15. The number of rotatable bonds is 10. The number of hydrogen-bond donors (Lipinski definition) is 2. The Morgan fingerprint density at radius 2 is 1.76 bits per heavy atom. The van der Waals surface area contributed by atoms with Crippen molar-refractivity contribution in [2.45, 2.75) is 31.9 Å². The van der Waals surface area contributed by atoms with Gasteiger partial charge >= 0.3 is 5.69 Å². The van der Waals surface area contributed by atoms with E-state index in [0.717, 1.165) is 29.6 Å². The van der Waals surface area contributed by atoms with Crippen molar-refractivity contribution in [3.8, 4) is 17.2 Å². The second kappa shape index (κ2) is 12.7. The van der Waals surface area contributed by atoms with Crippen LogP contribution in [0.1, 0.15) is 18.4 Å². The Morgan fingerprint density at radius 1 is 0.976 bits per heavy atom. The van der Waals surface area contributed by atoms with Crippen molar-refractivity contribution in [1.82, 2.24) is 14.5 Å². The van der Waals surface area contributed by atoms with E-state index in [1.54, 1.807) is 66.7 Å². The van der Waals surface area contributed by atoms with E-state index in [2.05, 4.69) is 10.6 Å². The van der Waals surface area contributed by atoms with Gasteiger partial charge in [0.2, 0.25) is 11.8 Å². The zero-order valence-electron chi connectivity index (χ0n) is 23.4. The molecular formula is C31H32N4O7. The summed E-state index contributed by atoms with van der Waals surface area (Å²) in [4.78, 5) is 52.7. The Hall–Kier alpha value is -4.90. The standard InChI is InChI=1S/C31H32N4O7/c1-40-22-13-14-25(27(17-22)41-2)33-29(37)19-34-26-8-4-3-7-24(26)30(38)35(31(34)39)21-11-9-20(10-12-21)16-28(36)32-18-23-6-5-15-42-23/h3-4,7-14,17,23H,5-6,15-16,18-19H2,1-2H3,(H,32,36)(H,33,37)/t23-/m1/s1. The molecule has 0 unspecified atom stereocenters. The molecule has 1 aromatic heterocycles. The molecule has 2 N–H and O–H groups in total. The molecule has 5 rings (SSSR count). The third kappa shape index (κ3) is 6.21. The van der Waals surface area contributed by atoms with Crippen molar-refractivity contribution in [3.63, 3.8) is 0 Å². The van der Waals surface area contributed by atoms with E-state index >= 15 is 0 Å². The highest BCUT2D eigenvalue weighted by Crippen LogP contribution is 2.29. The van der Waals surface area contributed by atoms with E-state index in [-0.39, 0.29) is 30.4 Å². The number of methoxy groups -OCH3 is 2. The first-order valence-electron chi connectivity index (χ1n) is 13.6. The van der Waals surface area contributed by atoms with Gasteiger partial charge in [-0.05, 0) is 54.8 Å². The van der Waals surface area contributed by atoms with Gasteiger partial charge in [0, 0.05) is 19.2 Å². The van der Waals surface area contributed by atoms with E-state index in [4.69, 9.17) is 14.2 Å². The second-order valence-corrected chi connectivity index (χ2v) is 9.92. The number of ether oxygens (including phenoxy) is 3. The number of aromatic nitrogens is 2. The number of nitrogens with one attached hydrogen (secondary N) is 2. The number of carbonyl (C=O) groups excluding carboxylic acids is 2. The fourth-order valence-electron chi connectivity index (χ4n) is 4.98. The lowest BCUT2D eigenvalue weighted by atomic mass is 10.1. The van der Waals surface area contributed by atoms with Crippen molar-refractivity contribution >= 4 is 28.4 Å². The predicted octanol–water partition coefficient (Wildman–Crippen LogP) is 2.65. The van der Waals surface area contributed by atoms with E-state index in [0.29, 0.717) is 34.9 Å². The van der Waals surface area contributed by atoms with Gasteiger partial charge < -0.3 is 24.8 Å². The number of nitrogens with zero attached hydrogens (tertiary/aromatic N) is 2. The summed E-state index contributed by atoms with van der Waals surface area (Å²) in [6, 6.07) is 18.2. The van der Waals surface area contributed by atoms with Gasteiger partial charge in [0.25, 0.3) is 5.56 Å². The summed E-state index contributed by atoms with van der Waals surface area (Å²) >= 11 is 0. The smallest absolute Gasteiger partial charge is 0.336 e. The van der Waals surface area contributed by atoms with Crippen LogP contribution in [0.25, 0.3) is 16.6 Å². The Kier molecular flexibility index (Phi) is 8.68. The number of fused-ring (bicyclic) bond motifs is 1. The maximum absolute atomic E-state index is 13.7. The average Bonchev–Trinajstić information content (AvgIpc) is 3.53. The SMILES string of the molecule is COc1ccc(NC(=O)Cn2c(=O)n(-c3ccc(CC(=O)NC[C@H]4CCCO4)cc3)c(=O)c3ccccc32)c(OC)c1. The molecule has 1 atom stereocenters. The van der Waals surface area contributed by atoms with Gasteiger partial charge in [-0.1, -0.05) is 24.3 Å². The highest BCUT2D eigenvalue weighted by Gasteiger charge is 2.19. The predicted molar refractivity (Wildman–Crippen MR) is 158 cm³/mol. The maximum Gasteiger partial charge on any atom is 0.336 e. The molecule has 1 aliphatic rings. The van der Waals surface area contributed by atoms with Crippen molar-refractivity contribution in [1.29, 1.82) is 0 Å². The molecule has 0 radical (unpaired) electrons.